The van der Waals surface area contributed by atoms with Crippen LogP contribution < -0.4 is 0 Å². The number of hydrogen-bond acceptors (Lipinski definition) is 6. The van der Waals surface area contributed by atoms with Crippen molar-refractivity contribution in [1.29, 1.82) is 0 Å². The van der Waals surface area contributed by atoms with E-state index in [1.165, 1.54) is 84.2 Å². The van der Waals surface area contributed by atoms with Crippen LogP contribution in [0.5, 0.6) is 0 Å². The molecule has 2 atom stereocenters. The van der Waals surface area contributed by atoms with Crippen molar-refractivity contribution in [2.75, 3.05) is 13.7 Å². The maximum atomic E-state index is 13.3. The molecule has 0 saturated heterocycles. The number of carbonyl (C=O) groups excluding carboxylic acids is 3. The van der Waals surface area contributed by atoms with Gasteiger partial charge in [0.2, 0.25) is 0 Å². The Balaban J connectivity index is 2.42. The molecule has 0 radical (unpaired) electrons. The zero-order valence-electron chi connectivity index (χ0n) is 24.2. The molecule has 0 aromatic carbocycles. The molecule has 1 saturated carbocycles. The minimum atomic E-state index is -1.03. The fraction of sp³-hybridized carbons (Fsp3) is 0.806. The van der Waals surface area contributed by atoms with E-state index in [9.17, 15) is 14.4 Å². The largest absolute Gasteiger partial charge is 0.468 e. The zero-order valence-corrected chi connectivity index (χ0v) is 24.2. The maximum Gasteiger partial charge on any atom is 0.316 e. The third-order valence-corrected chi connectivity index (χ3v) is 7.48. The molecule has 1 fully saturated rings. The summed E-state index contributed by atoms with van der Waals surface area (Å²) in [6, 6.07) is 0. The van der Waals surface area contributed by atoms with Crippen LogP contribution in [0.1, 0.15) is 130 Å². The Labute approximate surface area is 226 Å². The second-order valence-corrected chi connectivity index (χ2v) is 11.3. The molecule has 6 nitrogen and oxygen atoms in total. The Morgan fingerprint density at radius 1 is 0.919 bits per heavy atom. The molecular weight excluding hydrogens is 466 g/mol. The van der Waals surface area contributed by atoms with Crippen molar-refractivity contribution >= 4 is 23.2 Å². The molecule has 37 heavy (non-hydrogen) atoms. The number of hydrogen-bond donors (Lipinski definition) is 0. The number of methoxy groups -OCH3 is 1. The zero-order chi connectivity index (χ0) is 27.5. The lowest BCUT2D eigenvalue weighted by molar-refractivity contribution is -0.159. The molecule has 6 heteroatoms. The highest BCUT2D eigenvalue weighted by Gasteiger charge is 2.53. The molecule has 0 amide bonds. The molecule has 0 unspecified atom stereocenters. The average molecular weight is 520 g/mol. The first-order chi connectivity index (χ1) is 17.8. The van der Waals surface area contributed by atoms with Crippen molar-refractivity contribution < 1.29 is 24.0 Å². The van der Waals surface area contributed by atoms with Crippen LogP contribution in [0.15, 0.2) is 17.8 Å². The van der Waals surface area contributed by atoms with Crippen LogP contribution >= 0.6 is 0 Å². The van der Waals surface area contributed by atoms with Crippen LogP contribution in [0, 0.1) is 17.3 Å². The highest BCUT2D eigenvalue weighted by molar-refractivity contribution is 6.26. The van der Waals surface area contributed by atoms with Gasteiger partial charge in [0.15, 0.2) is 5.78 Å². The Morgan fingerprint density at radius 2 is 1.41 bits per heavy atom. The molecule has 0 bridgehead atoms. The van der Waals surface area contributed by atoms with E-state index >= 15 is 0 Å². The van der Waals surface area contributed by atoms with E-state index in [4.69, 9.17) is 9.57 Å². The predicted octanol–water partition coefficient (Wildman–Crippen LogP) is 7.78. The van der Waals surface area contributed by atoms with Gasteiger partial charge in [-0.1, -0.05) is 128 Å². The SMILES string of the molecule is C=CCO/N=C(/CCCCCCCCCCCCCCCCC)[C@H]1C(=O)CC(C)(C)[C@@H](C(=O)OC)C1=O. The number of ether oxygens (including phenoxy) is 1. The highest BCUT2D eigenvalue weighted by atomic mass is 16.6. The minimum absolute atomic E-state index is 0.127. The molecule has 0 aromatic heterocycles. The van der Waals surface area contributed by atoms with Crippen LogP contribution in [0.4, 0.5) is 0 Å². The molecule has 1 rings (SSSR count). The third-order valence-electron chi connectivity index (χ3n) is 7.48. The molecule has 212 valence electrons. The Bertz CT molecular complexity index is 727. The first-order valence-electron chi connectivity index (χ1n) is 14.7. The van der Waals surface area contributed by atoms with Crippen LogP contribution in [-0.2, 0) is 24.0 Å². The van der Waals surface area contributed by atoms with Gasteiger partial charge in [0.25, 0.3) is 0 Å². The Hall–Kier alpha value is -1.98. The molecule has 0 aliphatic heterocycles. The van der Waals surface area contributed by atoms with Crippen molar-refractivity contribution in [2.45, 2.75) is 130 Å². The van der Waals surface area contributed by atoms with Gasteiger partial charge in [0, 0.05) is 6.42 Å². The minimum Gasteiger partial charge on any atom is -0.468 e. The first-order valence-corrected chi connectivity index (χ1v) is 14.7. The summed E-state index contributed by atoms with van der Waals surface area (Å²) in [5, 5.41) is 4.16. The predicted molar refractivity (Wildman–Crippen MR) is 151 cm³/mol. The summed E-state index contributed by atoms with van der Waals surface area (Å²) in [7, 11) is 1.27. The van der Waals surface area contributed by atoms with E-state index in [-0.39, 0.29) is 18.8 Å². The van der Waals surface area contributed by atoms with Gasteiger partial charge < -0.3 is 9.57 Å². The Morgan fingerprint density at radius 3 is 1.86 bits per heavy atom. The van der Waals surface area contributed by atoms with Crippen molar-refractivity contribution in [3.05, 3.63) is 12.7 Å². The average Bonchev–Trinajstić information content (AvgIpc) is 2.85. The number of unbranched alkanes of at least 4 members (excludes halogenated alkanes) is 14. The number of esters is 1. The smallest absolute Gasteiger partial charge is 0.316 e. The first kappa shape index (κ1) is 33.0. The second kappa shape index (κ2) is 19.1. The van der Waals surface area contributed by atoms with E-state index < -0.39 is 29.0 Å². The van der Waals surface area contributed by atoms with E-state index in [1.807, 2.05) is 0 Å². The third kappa shape index (κ3) is 12.4. The number of ketones is 2. The second-order valence-electron chi connectivity index (χ2n) is 11.3. The summed E-state index contributed by atoms with van der Waals surface area (Å²) in [4.78, 5) is 44.0. The fourth-order valence-corrected chi connectivity index (χ4v) is 5.36. The molecule has 0 aromatic rings. The van der Waals surface area contributed by atoms with Gasteiger partial charge in [0.1, 0.15) is 24.2 Å². The summed E-state index contributed by atoms with van der Waals surface area (Å²) in [6.45, 7) is 9.61. The van der Waals surface area contributed by atoms with Crippen molar-refractivity contribution in [1.82, 2.24) is 0 Å². The lowest BCUT2D eigenvalue weighted by atomic mass is 9.63. The van der Waals surface area contributed by atoms with E-state index in [0.29, 0.717) is 12.1 Å². The summed E-state index contributed by atoms with van der Waals surface area (Å²) >= 11 is 0. The topological polar surface area (TPSA) is 82.0 Å². The number of oxime groups is 1. The standard InChI is InChI=1S/C31H53NO5/c1-6-8-9-10-11-12-13-14-15-16-17-18-19-20-21-22-25(32-37-23-7-2)27-26(33)24-31(3,4)28(29(27)34)30(35)36-5/h7,27-28H,2,6,8-24H2,1,3-5H3/b32-25-/t27-,28+/m0/s1. The van der Waals surface area contributed by atoms with Crippen LogP contribution in [-0.4, -0.2) is 37.0 Å². The summed E-state index contributed by atoms with van der Waals surface area (Å²) < 4.78 is 4.89. The molecule has 1 aliphatic carbocycles. The van der Waals surface area contributed by atoms with Crippen molar-refractivity contribution in [3.63, 3.8) is 0 Å². The van der Waals surface area contributed by atoms with Crippen LogP contribution in [0.3, 0.4) is 0 Å². The molecule has 0 N–H and O–H groups in total. The van der Waals surface area contributed by atoms with E-state index in [2.05, 4.69) is 18.7 Å². The summed E-state index contributed by atoms with van der Waals surface area (Å²) in [5.41, 5.74) is -0.351. The summed E-state index contributed by atoms with van der Waals surface area (Å²) in [5.74, 6) is -3.22. The van der Waals surface area contributed by atoms with Gasteiger partial charge in [0.05, 0.1) is 12.8 Å². The molecular formula is C31H53NO5. The van der Waals surface area contributed by atoms with Gasteiger partial charge in [-0.15, -0.1) is 0 Å². The van der Waals surface area contributed by atoms with Gasteiger partial charge in [-0.2, -0.15) is 0 Å². The van der Waals surface area contributed by atoms with Gasteiger partial charge in [-0.3, -0.25) is 14.4 Å². The van der Waals surface area contributed by atoms with Crippen molar-refractivity contribution in [2.24, 2.45) is 22.4 Å². The highest BCUT2D eigenvalue weighted by Crippen LogP contribution is 2.40. The molecule has 0 heterocycles. The van der Waals surface area contributed by atoms with Crippen LogP contribution in [0.2, 0.25) is 0 Å². The lowest BCUT2D eigenvalue weighted by Crippen LogP contribution is -2.52. The number of Topliss-reactive ketones (excluding diaryl/α,β-unsaturated/α-hetero) is 2. The van der Waals surface area contributed by atoms with Gasteiger partial charge in [-0.25, -0.2) is 0 Å². The molecule has 0 spiro atoms. The van der Waals surface area contributed by atoms with E-state index in [1.54, 1.807) is 19.9 Å². The normalized spacial score (nSPS) is 19.6. The van der Waals surface area contributed by atoms with Gasteiger partial charge >= 0.3 is 5.97 Å². The lowest BCUT2D eigenvalue weighted by Gasteiger charge is -2.38. The Kier molecular flexibility index (Phi) is 17.1. The summed E-state index contributed by atoms with van der Waals surface area (Å²) in [6.07, 6.45) is 21.2. The van der Waals surface area contributed by atoms with Gasteiger partial charge in [-0.05, 0) is 18.3 Å². The monoisotopic (exact) mass is 519 g/mol. The number of nitrogens with zero attached hydrogens (tertiary/aromatic N) is 1. The number of carbonyl (C=O) groups is 3. The maximum absolute atomic E-state index is 13.3. The van der Waals surface area contributed by atoms with Crippen molar-refractivity contribution in [3.8, 4) is 0 Å². The number of rotatable bonds is 21. The molecule has 1 aliphatic rings. The quantitative estimate of drug-likeness (QED) is 0.0386. The van der Waals surface area contributed by atoms with Crippen LogP contribution in [0.25, 0.3) is 0 Å². The van der Waals surface area contributed by atoms with E-state index in [0.717, 1.165) is 19.3 Å². The fourth-order valence-electron chi connectivity index (χ4n) is 5.36.